The van der Waals surface area contributed by atoms with Crippen LogP contribution in [-0.2, 0) is 6.42 Å². The van der Waals surface area contributed by atoms with E-state index in [1.165, 1.54) is 70.6 Å². The molecule has 0 spiro atoms. The van der Waals surface area contributed by atoms with Gasteiger partial charge in [0.05, 0.1) is 0 Å². The van der Waals surface area contributed by atoms with E-state index in [1.807, 2.05) is 18.2 Å². The maximum atomic E-state index is 9.58. The maximum absolute atomic E-state index is 9.58. The van der Waals surface area contributed by atoms with Crippen molar-refractivity contribution in [3.05, 3.63) is 29.8 Å². The van der Waals surface area contributed by atoms with Gasteiger partial charge < -0.3 is 5.11 Å². The van der Waals surface area contributed by atoms with Gasteiger partial charge in [0.2, 0.25) is 0 Å². The second kappa shape index (κ2) is 20.1. The predicted molar refractivity (Wildman–Crippen MR) is 115 cm³/mol. The van der Waals surface area contributed by atoms with Gasteiger partial charge in [-0.25, -0.2) is 0 Å². The monoisotopic (exact) mass is 454 g/mol. The molecule has 0 aliphatic rings. The van der Waals surface area contributed by atoms with Gasteiger partial charge in [-0.15, -0.1) is 0 Å². The molecular weight excluding hydrogens is 411 g/mol. The average molecular weight is 453 g/mol. The molecule has 1 aromatic carbocycles. The zero-order valence-corrected chi connectivity index (χ0v) is 20.0. The van der Waals surface area contributed by atoms with Crippen LogP contribution in [0.2, 0.25) is 8.87 Å². The van der Waals surface area contributed by atoms with Crippen LogP contribution in [0, 0.1) is 0 Å². The third-order valence-corrected chi connectivity index (χ3v) is 8.49. The number of aromatic hydroxyl groups is 1. The third-order valence-electron chi connectivity index (χ3n) is 4.46. The van der Waals surface area contributed by atoms with Crippen molar-refractivity contribution in [1.82, 2.24) is 0 Å². The van der Waals surface area contributed by atoms with Crippen molar-refractivity contribution < 1.29 is 5.11 Å². The first-order valence-electron chi connectivity index (χ1n) is 10.7. The van der Waals surface area contributed by atoms with E-state index in [9.17, 15) is 5.11 Å². The Hall–Kier alpha value is -0.181. The topological polar surface area (TPSA) is 20.2 Å². The summed E-state index contributed by atoms with van der Waals surface area (Å²) < 4.78 is 3.25. The molecule has 0 atom stereocenters. The average Bonchev–Trinajstić information content (AvgIpc) is 2.63. The summed E-state index contributed by atoms with van der Waals surface area (Å²) >= 11 is 0.149. The Balaban J connectivity index is 0.000000547. The first-order chi connectivity index (χ1) is 12.3. The van der Waals surface area contributed by atoms with E-state index in [0.717, 1.165) is 12.0 Å². The van der Waals surface area contributed by atoms with Crippen LogP contribution in [0.3, 0.4) is 0 Å². The summed E-state index contributed by atoms with van der Waals surface area (Å²) in [6, 6.07) is 7.67. The van der Waals surface area contributed by atoms with E-state index < -0.39 is 0 Å². The second-order valence-electron chi connectivity index (χ2n) is 6.96. The van der Waals surface area contributed by atoms with Gasteiger partial charge in [0.15, 0.2) is 0 Å². The number of benzene rings is 1. The van der Waals surface area contributed by atoms with Crippen molar-refractivity contribution in [3.63, 3.8) is 0 Å². The molecule has 0 heterocycles. The molecule has 0 bridgehead atoms. The van der Waals surface area contributed by atoms with Gasteiger partial charge in [0.25, 0.3) is 0 Å². The molecule has 0 saturated carbocycles. The minimum atomic E-state index is 0.149. The molecule has 2 radical (unpaired) electrons. The zero-order chi connectivity index (χ0) is 18.6. The van der Waals surface area contributed by atoms with Gasteiger partial charge in [0, 0.05) is 0 Å². The van der Waals surface area contributed by atoms with Gasteiger partial charge in [-0.05, 0) is 24.5 Å². The number of aryl methyl sites for hydroxylation is 1. The zero-order valence-electron chi connectivity index (χ0n) is 17.2. The van der Waals surface area contributed by atoms with E-state index in [0.29, 0.717) is 5.75 Å². The Morgan fingerprint density at radius 3 is 1.76 bits per heavy atom. The summed E-state index contributed by atoms with van der Waals surface area (Å²) in [4.78, 5) is 0. The van der Waals surface area contributed by atoms with Gasteiger partial charge in [-0.3, -0.25) is 0 Å². The van der Waals surface area contributed by atoms with Crippen LogP contribution >= 0.6 is 0 Å². The molecule has 0 aliphatic carbocycles. The van der Waals surface area contributed by atoms with Crippen molar-refractivity contribution in [1.29, 1.82) is 0 Å². The SMILES string of the molecule is CCCCCCCCCc1ccccc1O.CCC[CH2][Sn][CH2]CCC. The first kappa shape index (κ1) is 24.8. The van der Waals surface area contributed by atoms with Crippen LogP contribution in [-0.4, -0.2) is 26.2 Å². The molecule has 0 aliphatic heterocycles. The van der Waals surface area contributed by atoms with Gasteiger partial charge in [-0.1, -0.05) is 63.6 Å². The fraction of sp³-hybridized carbons (Fsp3) is 0.739. The van der Waals surface area contributed by atoms with E-state index in [2.05, 4.69) is 20.8 Å². The molecule has 1 aromatic rings. The summed E-state index contributed by atoms with van der Waals surface area (Å²) in [6.07, 6.45) is 16.1. The minimum absolute atomic E-state index is 0.149. The van der Waals surface area contributed by atoms with Crippen LogP contribution < -0.4 is 0 Å². The van der Waals surface area contributed by atoms with Crippen LogP contribution in [0.15, 0.2) is 24.3 Å². The first-order valence-corrected chi connectivity index (χ1v) is 14.8. The summed E-state index contributed by atoms with van der Waals surface area (Å²) in [6.45, 7) is 6.83. The Morgan fingerprint density at radius 2 is 1.20 bits per heavy atom. The van der Waals surface area contributed by atoms with Crippen molar-refractivity contribution in [2.45, 2.75) is 107 Å². The number of hydrogen-bond donors (Lipinski definition) is 1. The molecule has 0 amide bonds. The van der Waals surface area contributed by atoms with Gasteiger partial charge in [0.1, 0.15) is 5.75 Å². The van der Waals surface area contributed by atoms with Crippen molar-refractivity contribution in [3.8, 4) is 5.75 Å². The molecule has 1 rings (SSSR count). The normalized spacial score (nSPS) is 10.4. The molecular formula is C23H42OSn. The van der Waals surface area contributed by atoms with E-state index in [1.54, 1.807) is 14.9 Å². The van der Waals surface area contributed by atoms with Crippen LogP contribution in [0.1, 0.15) is 97.0 Å². The number of rotatable bonds is 14. The Morgan fingerprint density at radius 1 is 0.680 bits per heavy atom. The van der Waals surface area contributed by atoms with Crippen LogP contribution in [0.5, 0.6) is 5.75 Å². The fourth-order valence-electron chi connectivity index (χ4n) is 2.72. The standard InChI is InChI=1S/C15H24O.2C4H9.Sn/c1-2-3-4-5-6-7-8-11-14-12-9-10-13-15(14)16;2*1-3-4-2;/h9-10,12-13,16H,2-8,11H2,1H3;2*1,3-4H2,2H3;. The fourth-order valence-corrected chi connectivity index (χ4v) is 6.88. The van der Waals surface area contributed by atoms with Gasteiger partial charge >= 0.3 is 69.5 Å². The molecule has 2 heteroatoms. The quantitative estimate of drug-likeness (QED) is 0.225. The summed E-state index contributed by atoms with van der Waals surface area (Å²) in [5, 5.41) is 9.58. The van der Waals surface area contributed by atoms with Crippen LogP contribution in [0.25, 0.3) is 0 Å². The number of hydrogen-bond acceptors (Lipinski definition) is 1. The molecule has 0 saturated heterocycles. The molecule has 1 nitrogen and oxygen atoms in total. The van der Waals surface area contributed by atoms with E-state index >= 15 is 0 Å². The molecule has 25 heavy (non-hydrogen) atoms. The summed E-state index contributed by atoms with van der Waals surface area (Å²) in [5.74, 6) is 0.452. The number of phenols is 1. The molecule has 144 valence electrons. The van der Waals surface area contributed by atoms with E-state index in [-0.39, 0.29) is 21.1 Å². The molecule has 1 N–H and O–H groups in total. The molecule has 0 unspecified atom stereocenters. The van der Waals surface area contributed by atoms with Crippen molar-refractivity contribution >= 4 is 21.1 Å². The number of unbranched alkanes of at least 4 members (excludes halogenated alkanes) is 8. The Kier molecular flexibility index (Phi) is 20.0. The van der Waals surface area contributed by atoms with Crippen molar-refractivity contribution in [2.75, 3.05) is 0 Å². The predicted octanol–water partition coefficient (Wildman–Crippen LogP) is 7.81. The second-order valence-corrected chi connectivity index (χ2v) is 11.2. The number of phenolic OH excluding ortho intramolecular Hbond substituents is 1. The number of para-hydroxylation sites is 1. The van der Waals surface area contributed by atoms with E-state index in [4.69, 9.17) is 0 Å². The third kappa shape index (κ3) is 17.0. The summed E-state index contributed by atoms with van der Waals surface area (Å²) in [7, 11) is 0. The Bertz CT molecular complexity index is 372. The van der Waals surface area contributed by atoms with Gasteiger partial charge in [-0.2, -0.15) is 0 Å². The van der Waals surface area contributed by atoms with Crippen LogP contribution in [0.4, 0.5) is 0 Å². The molecule has 0 aromatic heterocycles. The molecule has 0 fully saturated rings. The Labute approximate surface area is 168 Å². The summed E-state index contributed by atoms with van der Waals surface area (Å²) in [5.41, 5.74) is 1.09. The van der Waals surface area contributed by atoms with Crippen molar-refractivity contribution in [2.24, 2.45) is 0 Å².